The molecule has 0 saturated carbocycles. The molecule has 0 unspecified atom stereocenters. The number of hydrogen-bond donors (Lipinski definition) is 2. The van der Waals surface area contributed by atoms with E-state index in [-0.39, 0.29) is 0 Å². The number of nitrogens with zero attached hydrogens (tertiary/aromatic N) is 4. The summed E-state index contributed by atoms with van der Waals surface area (Å²) in [5.41, 5.74) is 4.09. The monoisotopic (exact) mass is 226 g/mol. The van der Waals surface area contributed by atoms with Crippen LogP contribution in [0.25, 0.3) is 0 Å². The van der Waals surface area contributed by atoms with Gasteiger partial charge in [-0.3, -0.25) is 4.98 Å². The molecule has 0 amide bonds. The Kier molecular flexibility index (Phi) is 2.87. The Hall–Kier alpha value is -1.25. The Morgan fingerprint density at radius 2 is 2.36 bits per heavy atom. The molecule has 0 atom stereocenters. The Morgan fingerprint density at radius 3 is 3.07 bits per heavy atom. The summed E-state index contributed by atoms with van der Waals surface area (Å²) in [5, 5.41) is 8.33. The van der Waals surface area contributed by atoms with Gasteiger partial charge in [0.1, 0.15) is 10.5 Å². The van der Waals surface area contributed by atoms with Crippen LogP contribution in [0.2, 0.25) is 0 Å². The minimum atomic E-state index is 0.527. The third-order valence-corrected chi connectivity index (χ3v) is 2.98. The molecular weight excluding hydrogens is 220 g/mol. The minimum Gasteiger partial charge on any atom is -0.307 e. The maximum Gasteiger partial charge on any atom is 0.180 e. The van der Waals surface area contributed by atoms with E-state index in [0.717, 1.165) is 9.37 Å². The highest BCUT2D eigenvalue weighted by atomic mass is 32.2. The second kappa shape index (κ2) is 4.31. The number of hydrogen-bond acceptors (Lipinski definition) is 8. The van der Waals surface area contributed by atoms with E-state index in [4.69, 9.17) is 5.84 Å². The van der Waals surface area contributed by atoms with E-state index in [2.05, 4.69) is 25.6 Å². The summed E-state index contributed by atoms with van der Waals surface area (Å²) >= 11 is 2.85. The maximum atomic E-state index is 5.20. The molecule has 0 aliphatic carbocycles. The average Bonchev–Trinajstić information content (AvgIpc) is 2.71. The molecule has 0 bridgehead atoms. The molecule has 6 nitrogen and oxygen atoms in total. The molecule has 0 aliphatic heterocycles. The van der Waals surface area contributed by atoms with E-state index < -0.39 is 0 Å². The summed E-state index contributed by atoms with van der Waals surface area (Å²) in [5.74, 6) is 5.73. The molecule has 2 heterocycles. The topological polar surface area (TPSA) is 89.6 Å². The molecule has 72 valence electrons. The van der Waals surface area contributed by atoms with E-state index in [9.17, 15) is 0 Å². The average molecular weight is 226 g/mol. The first-order chi connectivity index (χ1) is 6.88. The van der Waals surface area contributed by atoms with Crippen LogP contribution in [0.3, 0.4) is 0 Å². The summed E-state index contributed by atoms with van der Waals surface area (Å²) in [6.45, 7) is 0. The van der Waals surface area contributed by atoms with Crippen LogP contribution in [-0.2, 0) is 0 Å². The second-order valence-corrected chi connectivity index (χ2v) is 4.29. The molecular formula is C6H6N6S2. The summed E-state index contributed by atoms with van der Waals surface area (Å²) in [4.78, 5) is 8.14. The first kappa shape index (κ1) is 9.31. The van der Waals surface area contributed by atoms with Crippen molar-refractivity contribution in [3.8, 4) is 0 Å². The van der Waals surface area contributed by atoms with Crippen LogP contribution < -0.4 is 11.3 Å². The van der Waals surface area contributed by atoms with Crippen LogP contribution in [0.1, 0.15) is 0 Å². The first-order valence-electron chi connectivity index (χ1n) is 3.61. The summed E-state index contributed by atoms with van der Waals surface area (Å²) in [6.07, 6.45) is 3.19. The van der Waals surface area contributed by atoms with E-state index >= 15 is 0 Å². The number of aromatic nitrogens is 4. The van der Waals surface area contributed by atoms with Crippen LogP contribution in [-0.4, -0.2) is 20.2 Å². The second-order valence-electron chi connectivity index (χ2n) is 2.19. The first-order valence-corrected chi connectivity index (χ1v) is 5.31. The van der Waals surface area contributed by atoms with Gasteiger partial charge in [-0.2, -0.15) is 0 Å². The van der Waals surface area contributed by atoms with Crippen LogP contribution in [0.15, 0.2) is 27.3 Å². The number of hydrazine groups is 1. The SMILES string of the molecule is NNc1cncc(Sc2nncs2)n1. The Balaban J connectivity index is 2.17. The molecule has 2 rings (SSSR count). The van der Waals surface area contributed by atoms with Crippen molar-refractivity contribution in [1.29, 1.82) is 0 Å². The van der Waals surface area contributed by atoms with Gasteiger partial charge in [0.05, 0.1) is 12.4 Å². The smallest absolute Gasteiger partial charge is 0.180 e. The minimum absolute atomic E-state index is 0.527. The van der Waals surface area contributed by atoms with Crippen LogP contribution in [0.5, 0.6) is 0 Å². The Morgan fingerprint density at radius 1 is 1.43 bits per heavy atom. The maximum absolute atomic E-state index is 5.20. The zero-order valence-corrected chi connectivity index (χ0v) is 8.55. The highest BCUT2D eigenvalue weighted by Gasteiger charge is 2.03. The lowest BCUT2D eigenvalue weighted by atomic mass is 10.7. The highest BCUT2D eigenvalue weighted by molar-refractivity contribution is 8.00. The zero-order valence-electron chi connectivity index (χ0n) is 6.91. The van der Waals surface area contributed by atoms with Crippen molar-refractivity contribution in [2.75, 3.05) is 5.43 Å². The molecule has 0 aliphatic rings. The van der Waals surface area contributed by atoms with Gasteiger partial charge in [0.25, 0.3) is 0 Å². The third-order valence-electron chi connectivity index (χ3n) is 1.29. The molecule has 0 radical (unpaired) electrons. The van der Waals surface area contributed by atoms with Gasteiger partial charge < -0.3 is 5.43 Å². The van der Waals surface area contributed by atoms with Crippen molar-refractivity contribution in [3.05, 3.63) is 17.9 Å². The van der Waals surface area contributed by atoms with Crippen LogP contribution in [0.4, 0.5) is 5.82 Å². The molecule has 0 saturated heterocycles. The Labute approximate surface area is 88.0 Å². The third kappa shape index (κ3) is 2.16. The van der Waals surface area contributed by atoms with Gasteiger partial charge in [-0.15, -0.1) is 10.2 Å². The van der Waals surface area contributed by atoms with Gasteiger partial charge in [-0.05, 0) is 11.8 Å². The van der Waals surface area contributed by atoms with Gasteiger partial charge >= 0.3 is 0 Å². The lowest BCUT2D eigenvalue weighted by molar-refractivity contribution is 0.997. The van der Waals surface area contributed by atoms with Gasteiger partial charge in [-0.25, -0.2) is 10.8 Å². The van der Waals surface area contributed by atoms with Gasteiger partial charge in [0.15, 0.2) is 10.2 Å². The molecule has 0 spiro atoms. The fourth-order valence-electron chi connectivity index (χ4n) is 0.764. The summed E-state index contributed by atoms with van der Waals surface area (Å²) < 4.78 is 0.827. The number of rotatable bonds is 3. The molecule has 3 N–H and O–H groups in total. The van der Waals surface area contributed by atoms with Crippen molar-refractivity contribution in [1.82, 2.24) is 20.2 Å². The van der Waals surface area contributed by atoms with E-state index in [1.807, 2.05) is 0 Å². The molecule has 14 heavy (non-hydrogen) atoms. The fraction of sp³-hybridized carbons (Fsp3) is 0. The number of nitrogen functional groups attached to an aromatic ring is 1. The van der Waals surface area contributed by atoms with Crippen molar-refractivity contribution in [2.24, 2.45) is 5.84 Å². The van der Waals surface area contributed by atoms with E-state index in [1.165, 1.54) is 23.1 Å². The van der Waals surface area contributed by atoms with Crippen molar-refractivity contribution in [3.63, 3.8) is 0 Å². The normalized spacial score (nSPS) is 10.1. The van der Waals surface area contributed by atoms with Gasteiger partial charge in [-0.1, -0.05) is 11.3 Å². The number of anilines is 1. The molecule has 2 aromatic rings. The highest BCUT2D eigenvalue weighted by Crippen LogP contribution is 2.26. The molecule has 0 fully saturated rings. The van der Waals surface area contributed by atoms with Crippen molar-refractivity contribution < 1.29 is 0 Å². The Bertz CT molecular complexity index is 402. The summed E-state index contributed by atoms with van der Waals surface area (Å²) in [6, 6.07) is 0. The lowest BCUT2D eigenvalue weighted by Crippen LogP contribution is -2.08. The van der Waals surface area contributed by atoms with Crippen molar-refractivity contribution >= 4 is 28.9 Å². The molecule has 8 heteroatoms. The van der Waals surface area contributed by atoms with Crippen molar-refractivity contribution in [2.45, 2.75) is 9.37 Å². The zero-order chi connectivity index (χ0) is 9.80. The molecule has 2 aromatic heterocycles. The van der Waals surface area contributed by atoms with Crippen LogP contribution in [0, 0.1) is 0 Å². The molecule has 0 aromatic carbocycles. The predicted octanol–water partition coefficient (Wildman–Crippen LogP) is 0.765. The number of nitrogens with one attached hydrogen (secondary N) is 1. The fourth-order valence-corrected chi connectivity index (χ4v) is 2.14. The summed E-state index contributed by atoms with van der Waals surface area (Å²) in [7, 11) is 0. The lowest BCUT2D eigenvalue weighted by Gasteiger charge is -1.99. The van der Waals surface area contributed by atoms with Crippen LogP contribution >= 0.6 is 23.1 Å². The van der Waals surface area contributed by atoms with Gasteiger partial charge in [0, 0.05) is 0 Å². The predicted molar refractivity (Wildman–Crippen MR) is 53.9 cm³/mol. The number of nitrogens with two attached hydrogens (primary N) is 1. The largest absolute Gasteiger partial charge is 0.307 e. The van der Waals surface area contributed by atoms with E-state index in [1.54, 1.807) is 17.9 Å². The van der Waals surface area contributed by atoms with Gasteiger partial charge in [0.2, 0.25) is 0 Å². The quantitative estimate of drug-likeness (QED) is 0.590. The van der Waals surface area contributed by atoms with E-state index in [0.29, 0.717) is 5.82 Å². The standard InChI is InChI=1S/C6H6N6S2/c7-11-4-1-8-2-5(10-4)14-6-12-9-3-13-6/h1-3H,7H2,(H,10,11).